The smallest absolute Gasteiger partial charge is 0.268 e. The van der Waals surface area contributed by atoms with Crippen LogP contribution < -0.4 is 10.2 Å². The van der Waals surface area contributed by atoms with Crippen molar-refractivity contribution in [2.75, 3.05) is 40.9 Å². The summed E-state index contributed by atoms with van der Waals surface area (Å²) in [5.41, 5.74) is 0. The molecule has 0 aromatic rings. The Morgan fingerprint density at radius 3 is 1.28 bits per heavy atom. The van der Waals surface area contributed by atoms with E-state index in [-0.39, 0.29) is 19.1 Å². The van der Waals surface area contributed by atoms with Crippen molar-refractivity contribution < 1.29 is 32.9 Å². The second-order valence-corrected chi connectivity index (χ2v) is 20.6. The molecule has 0 aromatic heterocycles. The Balaban J connectivity index is 4.03. The largest absolute Gasteiger partial charge is 0.756 e. The molecule has 0 rings (SSSR count). The first-order chi connectivity index (χ1) is 29.5. The second kappa shape index (κ2) is 44.2. The lowest BCUT2D eigenvalue weighted by Gasteiger charge is -2.29. The number of hydrogen-bond donors (Lipinski definition) is 2. The molecule has 2 N–H and O–H groups in total. The number of phosphoric acid groups is 1. The predicted octanol–water partition coefficient (Wildman–Crippen LogP) is 14.6. The first-order valence-electron chi connectivity index (χ1n) is 26.2. The van der Waals surface area contributed by atoms with Gasteiger partial charge in [0, 0.05) is 6.42 Å². The summed E-state index contributed by atoms with van der Waals surface area (Å²) in [6.07, 6.45) is 54.0. The lowest BCUT2D eigenvalue weighted by Crippen LogP contribution is -2.45. The highest BCUT2D eigenvalue weighted by atomic mass is 31.2. The number of nitrogens with one attached hydrogen (secondary N) is 1. The van der Waals surface area contributed by atoms with Gasteiger partial charge in [-0.1, -0.05) is 224 Å². The number of carbonyl (C=O) groups is 1. The number of aliphatic hydroxyl groups is 1. The number of hydrogen-bond acceptors (Lipinski definition) is 6. The normalized spacial score (nSPS) is 14.3. The van der Waals surface area contributed by atoms with E-state index in [0.29, 0.717) is 17.4 Å². The third-order valence-corrected chi connectivity index (χ3v) is 12.9. The molecule has 1 amide bonds. The number of nitrogens with zero attached hydrogens (tertiary/aromatic N) is 1. The van der Waals surface area contributed by atoms with Crippen molar-refractivity contribution >= 4 is 13.7 Å². The van der Waals surface area contributed by atoms with Crippen LogP contribution in [0, 0.1) is 0 Å². The summed E-state index contributed by atoms with van der Waals surface area (Å²) in [6.45, 7) is 4.64. The maximum absolute atomic E-state index is 12.9. The van der Waals surface area contributed by atoms with Gasteiger partial charge in [0.1, 0.15) is 13.2 Å². The van der Waals surface area contributed by atoms with E-state index < -0.39 is 20.0 Å². The third kappa shape index (κ3) is 46.8. The van der Waals surface area contributed by atoms with Gasteiger partial charge in [-0.2, -0.15) is 0 Å². The number of unbranched alkanes of at least 4 members (excludes halogenated alkanes) is 33. The minimum Gasteiger partial charge on any atom is -0.756 e. The first-order valence-corrected chi connectivity index (χ1v) is 27.7. The highest BCUT2D eigenvalue weighted by molar-refractivity contribution is 7.45. The number of carbonyl (C=O) groups excluding carboxylic acids is 1. The van der Waals surface area contributed by atoms with Crippen molar-refractivity contribution in [1.29, 1.82) is 0 Å². The van der Waals surface area contributed by atoms with Gasteiger partial charge >= 0.3 is 0 Å². The topological polar surface area (TPSA) is 108 Å². The number of aliphatic hydroxyl groups excluding tert-OH is 1. The Morgan fingerprint density at radius 1 is 0.557 bits per heavy atom. The second-order valence-electron chi connectivity index (χ2n) is 19.2. The Kier molecular flexibility index (Phi) is 43.5. The molecule has 0 aliphatic carbocycles. The van der Waals surface area contributed by atoms with Crippen LogP contribution in [0.3, 0.4) is 0 Å². The molecule has 8 nitrogen and oxygen atoms in total. The minimum atomic E-state index is -4.58. The van der Waals surface area contributed by atoms with Gasteiger partial charge in [-0.3, -0.25) is 9.36 Å². The molecule has 0 aliphatic heterocycles. The zero-order valence-electron chi connectivity index (χ0n) is 41.1. The molecule has 0 saturated heterocycles. The van der Waals surface area contributed by atoms with E-state index in [1.165, 1.54) is 193 Å². The van der Waals surface area contributed by atoms with E-state index in [9.17, 15) is 19.4 Å². The Hall–Kier alpha value is -1.02. The van der Waals surface area contributed by atoms with Crippen LogP contribution >= 0.6 is 7.82 Å². The van der Waals surface area contributed by atoms with Crippen molar-refractivity contribution in [3.63, 3.8) is 0 Å². The molecular formula is C52H103N2O6P. The van der Waals surface area contributed by atoms with E-state index in [1.807, 2.05) is 27.2 Å². The molecule has 0 heterocycles. The quantitative estimate of drug-likeness (QED) is 0.0273. The van der Waals surface area contributed by atoms with Crippen LogP contribution in [0.1, 0.15) is 251 Å². The monoisotopic (exact) mass is 883 g/mol. The SMILES string of the molecule is CCCCCCCCCC/C=C/C(O)C(COP(=O)([O-])OCC[N+](C)(C)C)NC(=O)CCCCCCCCCCCCCCC/C=C\CCCCCCCCCCCCCC. The number of allylic oxidation sites excluding steroid dienone is 3. The highest BCUT2D eigenvalue weighted by Crippen LogP contribution is 2.38. The van der Waals surface area contributed by atoms with Crippen molar-refractivity contribution in [3.05, 3.63) is 24.3 Å². The van der Waals surface area contributed by atoms with E-state index in [2.05, 4.69) is 31.3 Å². The van der Waals surface area contributed by atoms with Crippen LogP contribution in [0.25, 0.3) is 0 Å². The number of phosphoric ester groups is 1. The van der Waals surface area contributed by atoms with Crippen molar-refractivity contribution in [2.45, 2.75) is 264 Å². The van der Waals surface area contributed by atoms with Gasteiger partial charge in [0.2, 0.25) is 5.91 Å². The van der Waals surface area contributed by atoms with Crippen LogP contribution in [-0.4, -0.2) is 68.5 Å². The average Bonchev–Trinajstić information content (AvgIpc) is 3.21. The predicted molar refractivity (Wildman–Crippen MR) is 261 cm³/mol. The summed E-state index contributed by atoms with van der Waals surface area (Å²) in [5, 5.41) is 13.8. The molecule has 0 saturated carbocycles. The van der Waals surface area contributed by atoms with Gasteiger partial charge in [0.25, 0.3) is 7.82 Å². The van der Waals surface area contributed by atoms with Gasteiger partial charge in [-0.05, 0) is 44.9 Å². The summed E-state index contributed by atoms with van der Waals surface area (Å²) in [7, 11) is 1.27. The standard InChI is InChI=1S/C52H103N2O6P/c1-6-8-10-12-14-16-18-19-20-21-22-23-24-25-26-27-28-29-30-31-32-33-34-35-36-38-40-42-44-46-52(56)53-50(49-60-61(57,58)59-48-47-54(3,4)5)51(55)45-43-41-39-37-17-15-13-11-9-7-2/h25-26,43,45,50-51,55H,6-24,27-42,44,46-49H2,1-5H3,(H-,53,56,57,58)/b26-25-,45-43+. The maximum Gasteiger partial charge on any atom is 0.268 e. The number of rotatable bonds is 48. The first kappa shape index (κ1) is 60.0. The fourth-order valence-electron chi connectivity index (χ4n) is 7.74. The number of quaternary nitrogens is 1. The van der Waals surface area contributed by atoms with E-state index >= 15 is 0 Å². The number of amides is 1. The Bertz CT molecular complexity index is 1050. The van der Waals surface area contributed by atoms with Gasteiger partial charge in [0.15, 0.2) is 0 Å². The summed E-state index contributed by atoms with van der Waals surface area (Å²) >= 11 is 0. The van der Waals surface area contributed by atoms with Crippen molar-refractivity contribution in [1.82, 2.24) is 5.32 Å². The molecule has 9 heteroatoms. The summed E-state index contributed by atoms with van der Waals surface area (Å²) < 4.78 is 23.2. The van der Waals surface area contributed by atoms with Crippen molar-refractivity contribution in [2.24, 2.45) is 0 Å². The fourth-order valence-corrected chi connectivity index (χ4v) is 8.46. The zero-order valence-corrected chi connectivity index (χ0v) is 42.0. The van der Waals surface area contributed by atoms with Crippen LogP contribution in [0.15, 0.2) is 24.3 Å². The molecule has 3 unspecified atom stereocenters. The fraction of sp³-hybridized carbons (Fsp3) is 0.904. The van der Waals surface area contributed by atoms with Crippen LogP contribution in [-0.2, 0) is 18.4 Å². The van der Waals surface area contributed by atoms with E-state index in [1.54, 1.807) is 6.08 Å². The van der Waals surface area contributed by atoms with Gasteiger partial charge < -0.3 is 28.8 Å². The Labute approximate surface area is 379 Å². The molecule has 0 aliphatic rings. The summed E-state index contributed by atoms with van der Waals surface area (Å²) in [5.74, 6) is -0.197. The zero-order chi connectivity index (χ0) is 45.0. The summed E-state index contributed by atoms with van der Waals surface area (Å²) in [4.78, 5) is 25.3. The maximum atomic E-state index is 12.9. The average molecular weight is 883 g/mol. The molecule has 0 spiro atoms. The molecule has 3 atom stereocenters. The minimum absolute atomic E-state index is 0.000348. The van der Waals surface area contributed by atoms with E-state index in [0.717, 1.165) is 38.5 Å². The molecular weight excluding hydrogens is 780 g/mol. The van der Waals surface area contributed by atoms with Crippen molar-refractivity contribution in [3.8, 4) is 0 Å². The van der Waals surface area contributed by atoms with Gasteiger partial charge in [-0.25, -0.2) is 0 Å². The van der Waals surface area contributed by atoms with E-state index in [4.69, 9.17) is 9.05 Å². The highest BCUT2D eigenvalue weighted by Gasteiger charge is 2.23. The Morgan fingerprint density at radius 2 is 0.902 bits per heavy atom. The van der Waals surface area contributed by atoms with Gasteiger partial charge in [-0.15, -0.1) is 0 Å². The molecule has 0 radical (unpaired) electrons. The molecule has 0 bridgehead atoms. The number of likely N-dealkylation sites (N-methyl/N-ethyl adjacent to an activating group) is 1. The third-order valence-electron chi connectivity index (χ3n) is 11.9. The van der Waals surface area contributed by atoms with Crippen LogP contribution in [0.5, 0.6) is 0 Å². The molecule has 0 fully saturated rings. The lowest BCUT2D eigenvalue weighted by molar-refractivity contribution is -0.870. The lowest BCUT2D eigenvalue weighted by atomic mass is 10.0. The molecule has 0 aromatic carbocycles. The van der Waals surface area contributed by atoms with Crippen LogP contribution in [0.2, 0.25) is 0 Å². The van der Waals surface area contributed by atoms with Gasteiger partial charge in [0.05, 0.1) is 39.9 Å². The summed E-state index contributed by atoms with van der Waals surface area (Å²) in [6, 6.07) is -0.882. The molecule has 362 valence electrons. The van der Waals surface area contributed by atoms with Crippen LogP contribution in [0.4, 0.5) is 0 Å². The molecule has 61 heavy (non-hydrogen) atoms.